The highest BCUT2D eigenvalue weighted by molar-refractivity contribution is 6.31. The summed E-state index contributed by atoms with van der Waals surface area (Å²) in [6.45, 7) is 5.22. The number of esters is 1. The van der Waals surface area contributed by atoms with E-state index in [1.807, 2.05) is 42.5 Å². The molecule has 0 saturated carbocycles. The van der Waals surface area contributed by atoms with Gasteiger partial charge < -0.3 is 14.8 Å². The van der Waals surface area contributed by atoms with Crippen molar-refractivity contribution in [1.82, 2.24) is 9.88 Å². The summed E-state index contributed by atoms with van der Waals surface area (Å²) in [6.07, 6.45) is -0.504. The van der Waals surface area contributed by atoms with Gasteiger partial charge in [-0.25, -0.2) is 14.2 Å². The van der Waals surface area contributed by atoms with E-state index in [1.165, 1.54) is 11.7 Å². The Balaban J connectivity index is 1.68. The van der Waals surface area contributed by atoms with Gasteiger partial charge in [-0.3, -0.25) is 4.79 Å². The van der Waals surface area contributed by atoms with Gasteiger partial charge in [0.1, 0.15) is 17.3 Å². The van der Waals surface area contributed by atoms with Crippen LogP contribution in [0.4, 0.5) is 4.79 Å². The lowest BCUT2D eigenvalue weighted by atomic mass is 10.0. The van der Waals surface area contributed by atoms with Crippen molar-refractivity contribution in [1.29, 1.82) is 0 Å². The van der Waals surface area contributed by atoms with E-state index in [1.54, 1.807) is 45.0 Å². The van der Waals surface area contributed by atoms with E-state index in [9.17, 15) is 14.4 Å². The van der Waals surface area contributed by atoms with Gasteiger partial charge in [-0.05, 0) is 61.4 Å². The van der Waals surface area contributed by atoms with Crippen LogP contribution in [0.15, 0.2) is 66.7 Å². The molecule has 1 atom stereocenters. The maximum atomic E-state index is 13.4. The largest absolute Gasteiger partial charge is 0.467 e. The van der Waals surface area contributed by atoms with Gasteiger partial charge in [0.2, 0.25) is 0 Å². The minimum Gasteiger partial charge on any atom is -0.467 e. The van der Waals surface area contributed by atoms with Crippen LogP contribution in [0.3, 0.4) is 0 Å². The molecule has 0 aliphatic carbocycles. The molecule has 0 fully saturated rings. The molecule has 0 aliphatic rings. The van der Waals surface area contributed by atoms with Gasteiger partial charge in [0.15, 0.2) is 0 Å². The summed E-state index contributed by atoms with van der Waals surface area (Å²) in [4.78, 5) is 39.1. The van der Waals surface area contributed by atoms with Crippen molar-refractivity contribution in [3.05, 3.63) is 83.0 Å². The average molecular weight is 507 g/mol. The number of hydrogen-bond donors (Lipinski definition) is 1. The fourth-order valence-corrected chi connectivity index (χ4v) is 4.21. The van der Waals surface area contributed by atoms with E-state index in [0.717, 1.165) is 16.3 Å². The number of hydrogen-bond acceptors (Lipinski definition) is 5. The van der Waals surface area contributed by atoms with Crippen molar-refractivity contribution in [2.24, 2.45) is 0 Å². The van der Waals surface area contributed by atoms with E-state index in [4.69, 9.17) is 21.1 Å². The van der Waals surface area contributed by atoms with E-state index in [0.29, 0.717) is 15.9 Å². The molecule has 186 valence electrons. The number of methoxy groups -OCH3 is 1. The van der Waals surface area contributed by atoms with E-state index in [2.05, 4.69) is 5.32 Å². The number of amides is 1. The van der Waals surface area contributed by atoms with E-state index in [-0.39, 0.29) is 12.1 Å². The summed E-state index contributed by atoms with van der Waals surface area (Å²) >= 11 is 6.14. The van der Waals surface area contributed by atoms with Gasteiger partial charge in [0.05, 0.1) is 12.6 Å². The third kappa shape index (κ3) is 5.52. The molecule has 0 unspecified atom stereocenters. The first-order chi connectivity index (χ1) is 17.1. The number of fused-ring (bicyclic) bond motifs is 2. The van der Waals surface area contributed by atoms with Crippen molar-refractivity contribution in [3.8, 4) is 0 Å². The molecule has 3 aromatic carbocycles. The third-order valence-corrected chi connectivity index (χ3v) is 5.85. The number of ether oxygens (including phenoxy) is 2. The molecular weight excluding hydrogens is 480 g/mol. The van der Waals surface area contributed by atoms with Crippen molar-refractivity contribution in [3.63, 3.8) is 0 Å². The zero-order chi connectivity index (χ0) is 26.0. The number of nitrogens with one attached hydrogen (secondary N) is 1. The fourth-order valence-electron chi connectivity index (χ4n) is 4.03. The summed E-state index contributed by atoms with van der Waals surface area (Å²) in [6, 6.07) is 19.2. The Morgan fingerprint density at radius 1 is 0.944 bits per heavy atom. The molecule has 4 aromatic rings. The molecule has 8 heteroatoms. The van der Waals surface area contributed by atoms with Gasteiger partial charge in [0, 0.05) is 16.8 Å². The molecular formula is C28H27ClN2O5. The van der Waals surface area contributed by atoms with Crippen molar-refractivity contribution in [2.75, 3.05) is 7.11 Å². The molecule has 7 nitrogen and oxygen atoms in total. The molecule has 1 amide bonds. The van der Waals surface area contributed by atoms with Crippen LogP contribution in [0.5, 0.6) is 0 Å². The van der Waals surface area contributed by atoms with Crippen LogP contribution in [-0.4, -0.2) is 41.3 Å². The molecule has 0 spiro atoms. The predicted molar refractivity (Wildman–Crippen MR) is 140 cm³/mol. The molecule has 0 saturated heterocycles. The number of carbonyl (C=O) groups is 3. The number of aromatic nitrogens is 1. The summed E-state index contributed by atoms with van der Waals surface area (Å²) in [5, 5.41) is 5.87. The molecule has 0 aliphatic heterocycles. The maximum Gasteiger partial charge on any atom is 0.419 e. The van der Waals surface area contributed by atoms with Crippen LogP contribution < -0.4 is 5.32 Å². The average Bonchev–Trinajstić information content (AvgIpc) is 3.21. The smallest absolute Gasteiger partial charge is 0.419 e. The first-order valence-corrected chi connectivity index (χ1v) is 11.8. The van der Waals surface area contributed by atoms with Crippen LogP contribution in [0.2, 0.25) is 5.02 Å². The Bertz CT molecular complexity index is 1470. The van der Waals surface area contributed by atoms with Crippen LogP contribution >= 0.6 is 11.6 Å². The molecule has 1 aromatic heterocycles. The van der Waals surface area contributed by atoms with Crippen molar-refractivity contribution < 1.29 is 23.9 Å². The molecule has 1 N–H and O–H groups in total. The Morgan fingerprint density at radius 3 is 2.36 bits per heavy atom. The Morgan fingerprint density at radius 2 is 1.67 bits per heavy atom. The van der Waals surface area contributed by atoms with Gasteiger partial charge in [-0.1, -0.05) is 54.1 Å². The van der Waals surface area contributed by atoms with Crippen LogP contribution in [0.1, 0.15) is 36.8 Å². The van der Waals surface area contributed by atoms with Gasteiger partial charge >= 0.3 is 12.1 Å². The molecule has 1 heterocycles. The van der Waals surface area contributed by atoms with Crippen LogP contribution in [-0.2, 0) is 20.7 Å². The van der Waals surface area contributed by atoms with Crippen molar-refractivity contribution >= 4 is 51.2 Å². The Labute approximate surface area is 213 Å². The summed E-state index contributed by atoms with van der Waals surface area (Å²) in [5.74, 6) is -1.22. The fraction of sp³-hybridized carbons (Fsp3) is 0.250. The monoisotopic (exact) mass is 506 g/mol. The summed E-state index contributed by atoms with van der Waals surface area (Å²) in [7, 11) is 1.27. The van der Waals surface area contributed by atoms with Crippen molar-refractivity contribution in [2.45, 2.75) is 38.8 Å². The molecule has 0 bridgehead atoms. The molecule has 0 radical (unpaired) electrons. The Hall–Kier alpha value is -3.84. The number of rotatable bonds is 5. The molecule has 4 rings (SSSR count). The third-order valence-electron chi connectivity index (χ3n) is 5.62. The maximum absolute atomic E-state index is 13.4. The molecule has 36 heavy (non-hydrogen) atoms. The minimum atomic E-state index is -0.975. The number of nitrogens with zero attached hydrogens (tertiary/aromatic N) is 1. The van der Waals surface area contributed by atoms with E-state index >= 15 is 0 Å². The lowest BCUT2D eigenvalue weighted by Crippen LogP contribution is -2.44. The minimum absolute atomic E-state index is 0.0222. The van der Waals surface area contributed by atoms with Gasteiger partial charge in [-0.2, -0.15) is 0 Å². The second-order valence-corrected chi connectivity index (χ2v) is 9.92. The summed E-state index contributed by atoms with van der Waals surface area (Å²) in [5.41, 5.74) is 0.555. The topological polar surface area (TPSA) is 86.6 Å². The lowest BCUT2D eigenvalue weighted by Gasteiger charge is -2.21. The highest BCUT2D eigenvalue weighted by Gasteiger charge is 2.28. The predicted octanol–water partition coefficient (Wildman–Crippen LogP) is 5.75. The lowest BCUT2D eigenvalue weighted by molar-refractivity contribution is -0.142. The normalized spacial score (nSPS) is 12.4. The SMILES string of the molecule is COC(=O)[C@H](Cc1ccc2ccccc2c1)NC(=O)c1cc2cc(Cl)ccc2n1C(=O)OC(C)(C)C. The van der Waals surface area contributed by atoms with Gasteiger partial charge in [0.25, 0.3) is 5.91 Å². The number of benzene rings is 3. The standard InChI is InChI=1S/C28H27ClN2O5/c1-28(2,3)36-27(34)31-23-12-11-21(29)15-20(23)16-24(31)25(32)30-22(26(33)35-4)14-17-9-10-18-7-5-6-8-19(18)13-17/h5-13,15-16,22H,14H2,1-4H3,(H,30,32)/t22-/m0/s1. The van der Waals surface area contributed by atoms with Crippen LogP contribution in [0.25, 0.3) is 21.7 Å². The first-order valence-electron chi connectivity index (χ1n) is 11.5. The second kappa shape index (κ2) is 10.0. The zero-order valence-corrected chi connectivity index (χ0v) is 21.3. The van der Waals surface area contributed by atoms with Gasteiger partial charge in [-0.15, -0.1) is 0 Å². The number of halogens is 1. The second-order valence-electron chi connectivity index (χ2n) is 9.48. The number of carbonyl (C=O) groups excluding carboxylic acids is 3. The summed E-state index contributed by atoms with van der Waals surface area (Å²) < 4.78 is 11.7. The highest BCUT2D eigenvalue weighted by Crippen LogP contribution is 2.25. The first kappa shape index (κ1) is 25.3. The quantitative estimate of drug-likeness (QED) is 0.348. The highest BCUT2D eigenvalue weighted by atomic mass is 35.5. The Kier molecular flexibility index (Phi) is 7.04. The van der Waals surface area contributed by atoms with E-state index < -0.39 is 29.6 Å². The van der Waals surface area contributed by atoms with Crippen LogP contribution in [0, 0.1) is 0 Å². The zero-order valence-electron chi connectivity index (χ0n) is 20.5.